The lowest BCUT2D eigenvalue weighted by Crippen LogP contribution is -2.14. The number of para-hydroxylation sites is 1. The van der Waals surface area contributed by atoms with Crippen LogP contribution < -0.4 is 9.47 Å². The standard InChI is InChI=1S/C16H21NO3S/c1-16(2,3)14-12(9-18)21-15(17-14)10-7-6-8-11(19-4)13(10)20-5/h6-8,18H,9H2,1-5H3. The fourth-order valence-electron chi connectivity index (χ4n) is 2.22. The molecule has 0 spiro atoms. The minimum atomic E-state index is -0.112. The monoisotopic (exact) mass is 307 g/mol. The van der Waals surface area contributed by atoms with Crippen molar-refractivity contribution in [3.8, 4) is 22.1 Å². The molecular formula is C16H21NO3S. The molecule has 0 saturated carbocycles. The number of thiazole rings is 1. The number of aromatic nitrogens is 1. The molecule has 0 saturated heterocycles. The van der Waals surface area contributed by atoms with E-state index < -0.39 is 0 Å². The Morgan fingerprint density at radius 2 is 1.90 bits per heavy atom. The highest BCUT2D eigenvalue weighted by Crippen LogP contribution is 2.41. The number of ether oxygens (including phenoxy) is 2. The van der Waals surface area contributed by atoms with Crippen LogP contribution in [0.25, 0.3) is 10.6 Å². The Morgan fingerprint density at radius 1 is 1.19 bits per heavy atom. The third-order valence-corrected chi connectivity index (χ3v) is 4.26. The molecule has 5 heteroatoms. The van der Waals surface area contributed by atoms with Gasteiger partial charge in [-0.1, -0.05) is 26.8 Å². The Kier molecular flexibility index (Phi) is 4.54. The SMILES string of the molecule is COc1cccc(-c2nc(C(C)(C)C)c(CO)s2)c1OC. The number of hydrogen-bond donors (Lipinski definition) is 1. The van der Waals surface area contributed by atoms with Gasteiger partial charge in [-0.3, -0.25) is 0 Å². The van der Waals surface area contributed by atoms with Crippen LogP contribution in [-0.2, 0) is 12.0 Å². The summed E-state index contributed by atoms with van der Waals surface area (Å²) in [6.07, 6.45) is 0. The number of benzene rings is 1. The van der Waals surface area contributed by atoms with E-state index in [0.29, 0.717) is 11.5 Å². The molecule has 2 rings (SSSR count). The lowest BCUT2D eigenvalue weighted by atomic mass is 9.91. The van der Waals surface area contributed by atoms with Crippen molar-refractivity contribution in [2.75, 3.05) is 14.2 Å². The van der Waals surface area contributed by atoms with E-state index in [1.165, 1.54) is 11.3 Å². The molecule has 114 valence electrons. The number of rotatable bonds is 4. The predicted octanol–water partition coefficient (Wildman–Crippen LogP) is 3.62. The maximum Gasteiger partial charge on any atom is 0.170 e. The molecule has 4 nitrogen and oxygen atoms in total. The highest BCUT2D eigenvalue weighted by molar-refractivity contribution is 7.15. The van der Waals surface area contributed by atoms with Crippen LogP contribution in [0.1, 0.15) is 31.3 Å². The number of aliphatic hydroxyl groups excluding tert-OH is 1. The van der Waals surface area contributed by atoms with Crippen molar-refractivity contribution >= 4 is 11.3 Å². The van der Waals surface area contributed by atoms with E-state index in [1.54, 1.807) is 14.2 Å². The van der Waals surface area contributed by atoms with Crippen molar-refractivity contribution < 1.29 is 14.6 Å². The van der Waals surface area contributed by atoms with Crippen LogP contribution in [0.2, 0.25) is 0 Å². The van der Waals surface area contributed by atoms with Gasteiger partial charge in [0.05, 0.1) is 37.0 Å². The quantitative estimate of drug-likeness (QED) is 0.937. The Bertz CT molecular complexity index is 629. The summed E-state index contributed by atoms with van der Waals surface area (Å²) in [6.45, 7) is 6.27. The van der Waals surface area contributed by atoms with Gasteiger partial charge in [-0.2, -0.15) is 0 Å². The van der Waals surface area contributed by atoms with Gasteiger partial charge in [-0.15, -0.1) is 11.3 Å². The second-order valence-corrected chi connectivity index (χ2v) is 6.82. The first-order valence-corrected chi connectivity index (χ1v) is 7.56. The van der Waals surface area contributed by atoms with E-state index in [0.717, 1.165) is 21.1 Å². The molecule has 0 radical (unpaired) electrons. The molecule has 1 aromatic carbocycles. The van der Waals surface area contributed by atoms with Crippen LogP contribution in [0, 0.1) is 0 Å². The number of aliphatic hydroxyl groups is 1. The van der Waals surface area contributed by atoms with Crippen LogP contribution >= 0.6 is 11.3 Å². The van der Waals surface area contributed by atoms with E-state index in [-0.39, 0.29) is 12.0 Å². The van der Waals surface area contributed by atoms with E-state index in [1.807, 2.05) is 18.2 Å². The summed E-state index contributed by atoms with van der Waals surface area (Å²) in [7, 11) is 3.23. The van der Waals surface area contributed by atoms with Gasteiger partial charge in [0.1, 0.15) is 5.01 Å². The maximum atomic E-state index is 9.58. The van der Waals surface area contributed by atoms with Crippen molar-refractivity contribution in [2.24, 2.45) is 0 Å². The lowest BCUT2D eigenvalue weighted by Gasteiger charge is -2.16. The number of methoxy groups -OCH3 is 2. The number of hydrogen-bond acceptors (Lipinski definition) is 5. The Morgan fingerprint density at radius 3 is 2.38 bits per heavy atom. The first-order chi connectivity index (χ1) is 9.92. The minimum Gasteiger partial charge on any atom is -0.493 e. The smallest absolute Gasteiger partial charge is 0.170 e. The van der Waals surface area contributed by atoms with Gasteiger partial charge in [-0.25, -0.2) is 4.98 Å². The van der Waals surface area contributed by atoms with E-state index in [2.05, 4.69) is 20.8 Å². The molecule has 0 atom stereocenters. The van der Waals surface area contributed by atoms with Crippen molar-refractivity contribution in [1.29, 1.82) is 0 Å². The van der Waals surface area contributed by atoms with E-state index in [4.69, 9.17) is 14.5 Å². The first kappa shape index (κ1) is 15.8. The summed E-state index contributed by atoms with van der Waals surface area (Å²) < 4.78 is 10.8. The van der Waals surface area contributed by atoms with Gasteiger partial charge in [0.25, 0.3) is 0 Å². The van der Waals surface area contributed by atoms with Crippen molar-refractivity contribution in [1.82, 2.24) is 4.98 Å². The van der Waals surface area contributed by atoms with Crippen LogP contribution in [0.4, 0.5) is 0 Å². The van der Waals surface area contributed by atoms with Crippen molar-refractivity contribution in [3.63, 3.8) is 0 Å². The van der Waals surface area contributed by atoms with Crippen LogP contribution in [0.15, 0.2) is 18.2 Å². The van der Waals surface area contributed by atoms with Crippen LogP contribution in [-0.4, -0.2) is 24.3 Å². The van der Waals surface area contributed by atoms with Gasteiger partial charge in [0, 0.05) is 5.41 Å². The second-order valence-electron chi connectivity index (χ2n) is 5.74. The largest absolute Gasteiger partial charge is 0.493 e. The number of nitrogens with zero attached hydrogens (tertiary/aromatic N) is 1. The summed E-state index contributed by atoms with van der Waals surface area (Å²) in [5.41, 5.74) is 1.70. The Balaban J connectivity index is 2.60. The fraction of sp³-hybridized carbons (Fsp3) is 0.438. The zero-order valence-electron chi connectivity index (χ0n) is 13.1. The van der Waals surface area contributed by atoms with Gasteiger partial charge < -0.3 is 14.6 Å². The fourth-order valence-corrected chi connectivity index (χ4v) is 3.37. The molecule has 1 heterocycles. The molecule has 0 aliphatic rings. The summed E-state index contributed by atoms with van der Waals surface area (Å²) >= 11 is 1.49. The Labute approximate surface area is 129 Å². The highest BCUT2D eigenvalue weighted by atomic mass is 32.1. The second kappa shape index (κ2) is 6.03. The Hall–Kier alpha value is -1.59. The topological polar surface area (TPSA) is 51.6 Å². The van der Waals surface area contributed by atoms with Crippen molar-refractivity contribution in [3.05, 3.63) is 28.8 Å². The predicted molar refractivity (Wildman–Crippen MR) is 85.3 cm³/mol. The molecule has 0 amide bonds. The molecule has 1 N–H and O–H groups in total. The molecular weight excluding hydrogens is 286 g/mol. The molecule has 0 fully saturated rings. The normalized spacial score (nSPS) is 11.5. The lowest BCUT2D eigenvalue weighted by molar-refractivity contribution is 0.282. The summed E-state index contributed by atoms with van der Waals surface area (Å²) in [6, 6.07) is 5.72. The molecule has 0 unspecified atom stereocenters. The average molecular weight is 307 g/mol. The first-order valence-electron chi connectivity index (χ1n) is 6.74. The molecule has 0 bridgehead atoms. The van der Waals surface area contributed by atoms with Crippen LogP contribution in [0.3, 0.4) is 0 Å². The van der Waals surface area contributed by atoms with Crippen LogP contribution in [0.5, 0.6) is 11.5 Å². The zero-order valence-corrected chi connectivity index (χ0v) is 13.9. The average Bonchev–Trinajstić information content (AvgIpc) is 2.90. The summed E-state index contributed by atoms with van der Waals surface area (Å²) in [4.78, 5) is 5.62. The zero-order chi connectivity index (χ0) is 15.6. The van der Waals surface area contributed by atoms with Gasteiger partial charge in [0.15, 0.2) is 11.5 Å². The van der Waals surface area contributed by atoms with E-state index >= 15 is 0 Å². The van der Waals surface area contributed by atoms with Gasteiger partial charge in [-0.05, 0) is 12.1 Å². The van der Waals surface area contributed by atoms with Crippen molar-refractivity contribution in [2.45, 2.75) is 32.8 Å². The molecule has 0 aliphatic carbocycles. The molecule has 21 heavy (non-hydrogen) atoms. The van der Waals surface area contributed by atoms with Gasteiger partial charge >= 0.3 is 0 Å². The summed E-state index contributed by atoms with van der Waals surface area (Å²) in [5.74, 6) is 1.34. The minimum absolute atomic E-state index is 0.00342. The highest BCUT2D eigenvalue weighted by Gasteiger charge is 2.24. The maximum absolute atomic E-state index is 9.58. The molecule has 1 aromatic heterocycles. The third kappa shape index (κ3) is 3.04. The van der Waals surface area contributed by atoms with Gasteiger partial charge in [0.2, 0.25) is 0 Å². The summed E-state index contributed by atoms with van der Waals surface area (Å²) in [5, 5.41) is 10.4. The molecule has 0 aliphatic heterocycles. The van der Waals surface area contributed by atoms with E-state index in [9.17, 15) is 5.11 Å². The molecule has 2 aromatic rings. The third-order valence-electron chi connectivity index (χ3n) is 3.18.